The lowest BCUT2D eigenvalue weighted by molar-refractivity contribution is -0.139. The summed E-state index contributed by atoms with van der Waals surface area (Å²) in [6.45, 7) is 0.777. The maximum Gasteiger partial charge on any atom is 0.309 e. The van der Waals surface area contributed by atoms with Crippen molar-refractivity contribution in [2.75, 3.05) is 27.3 Å². The van der Waals surface area contributed by atoms with Crippen molar-refractivity contribution in [3.63, 3.8) is 0 Å². The molecule has 0 saturated carbocycles. The van der Waals surface area contributed by atoms with Crippen molar-refractivity contribution in [3.8, 4) is 11.5 Å². The summed E-state index contributed by atoms with van der Waals surface area (Å²) in [7, 11) is 3.29. The number of carbonyl (C=O) groups excluding carboxylic acids is 2. The Labute approximate surface area is 230 Å². The highest BCUT2D eigenvalue weighted by Gasteiger charge is 2.14. The number of carbonyl (C=O) groups is 2. The van der Waals surface area contributed by atoms with Gasteiger partial charge in [-0.05, 0) is 139 Å². The molecule has 0 atom stereocenters. The Balaban J connectivity index is 1.78. The zero-order valence-electron chi connectivity index (χ0n) is 16.3. The van der Waals surface area contributed by atoms with Crippen LogP contribution in [0.15, 0.2) is 24.3 Å². The Hall–Kier alpha value is -0.100. The maximum absolute atomic E-state index is 12.0. The van der Waals surface area contributed by atoms with Gasteiger partial charge in [-0.1, -0.05) is 0 Å². The molecule has 0 saturated heterocycles. The average Bonchev–Trinajstić information content (AvgIpc) is 2.67. The molecule has 2 aromatic rings. The van der Waals surface area contributed by atoms with Crippen molar-refractivity contribution in [3.05, 3.63) is 49.7 Å². The molecule has 10 heteroatoms. The van der Waals surface area contributed by atoms with E-state index in [1.165, 1.54) is 0 Å². The van der Waals surface area contributed by atoms with Gasteiger partial charge in [0.15, 0.2) is 0 Å². The second-order valence-corrected chi connectivity index (χ2v) is 10.8. The third kappa shape index (κ3) is 7.50. The van der Waals surface area contributed by atoms with Gasteiger partial charge >= 0.3 is 11.8 Å². The fraction of sp³-hybridized carbons (Fsp3) is 0.300. The van der Waals surface area contributed by atoms with Gasteiger partial charge in [0.25, 0.3) is 0 Å². The van der Waals surface area contributed by atoms with E-state index in [9.17, 15) is 9.59 Å². The maximum atomic E-state index is 12.0. The predicted octanol–water partition coefficient (Wildman–Crippen LogP) is 4.14. The third-order valence-electron chi connectivity index (χ3n) is 4.13. The van der Waals surface area contributed by atoms with E-state index in [2.05, 4.69) is 101 Å². The number of rotatable bonds is 8. The lowest BCUT2D eigenvalue weighted by atomic mass is 10.1. The van der Waals surface area contributed by atoms with Crippen LogP contribution >= 0.6 is 90.4 Å². The molecule has 0 radical (unpaired) electrons. The zero-order chi connectivity index (χ0) is 22.3. The summed E-state index contributed by atoms with van der Waals surface area (Å²) in [6, 6.07) is 8.08. The number of hydrogen-bond acceptors (Lipinski definition) is 4. The lowest BCUT2D eigenvalue weighted by Gasteiger charge is -2.11. The lowest BCUT2D eigenvalue weighted by Crippen LogP contribution is -2.41. The molecule has 0 bridgehead atoms. The summed E-state index contributed by atoms with van der Waals surface area (Å²) >= 11 is 8.90. The van der Waals surface area contributed by atoms with Crippen LogP contribution in [-0.4, -0.2) is 39.1 Å². The van der Waals surface area contributed by atoms with Crippen LogP contribution in [-0.2, 0) is 22.4 Å². The highest BCUT2D eigenvalue weighted by molar-refractivity contribution is 14.1. The smallest absolute Gasteiger partial charge is 0.309 e. The summed E-state index contributed by atoms with van der Waals surface area (Å²) in [5.74, 6) is 0.466. The molecule has 162 valence electrons. The van der Waals surface area contributed by atoms with Crippen LogP contribution in [0.4, 0.5) is 0 Å². The molecule has 0 unspecified atom stereocenters. The molecule has 0 spiro atoms. The van der Waals surface area contributed by atoms with Crippen molar-refractivity contribution in [1.29, 1.82) is 0 Å². The van der Waals surface area contributed by atoms with E-state index < -0.39 is 11.8 Å². The van der Waals surface area contributed by atoms with Gasteiger partial charge in [-0.2, -0.15) is 0 Å². The molecular weight excluding hydrogens is 840 g/mol. The Bertz CT molecular complexity index is 816. The van der Waals surface area contributed by atoms with Gasteiger partial charge in [0.1, 0.15) is 11.5 Å². The molecule has 30 heavy (non-hydrogen) atoms. The molecule has 6 nitrogen and oxygen atoms in total. The number of halogens is 4. The van der Waals surface area contributed by atoms with Gasteiger partial charge in [0.05, 0.1) is 28.5 Å². The van der Waals surface area contributed by atoms with E-state index >= 15 is 0 Å². The topological polar surface area (TPSA) is 76.7 Å². The van der Waals surface area contributed by atoms with Crippen molar-refractivity contribution in [2.24, 2.45) is 0 Å². The quantitative estimate of drug-likeness (QED) is 0.310. The van der Waals surface area contributed by atoms with Crippen LogP contribution in [0.5, 0.6) is 11.5 Å². The fourth-order valence-electron chi connectivity index (χ4n) is 2.70. The highest BCUT2D eigenvalue weighted by Crippen LogP contribution is 2.29. The van der Waals surface area contributed by atoms with E-state index in [-0.39, 0.29) is 0 Å². The first-order valence-corrected chi connectivity index (χ1v) is 13.2. The number of methoxy groups -OCH3 is 2. The largest absolute Gasteiger partial charge is 0.495 e. The minimum Gasteiger partial charge on any atom is -0.495 e. The molecule has 2 rings (SSSR count). The van der Waals surface area contributed by atoms with Crippen LogP contribution in [0.2, 0.25) is 0 Å². The Morgan fingerprint density at radius 1 is 0.700 bits per heavy atom. The van der Waals surface area contributed by atoms with E-state index in [1.807, 2.05) is 24.3 Å². The molecule has 0 fully saturated rings. The Kier molecular flexibility index (Phi) is 11.2. The molecule has 0 aromatic heterocycles. The standard InChI is InChI=1S/C20H20I4N2O4/c1-29-17-13(21)7-11(8-14(17)22)3-5-25-19(27)20(28)26-6-4-12-9-15(23)18(30-2)16(24)10-12/h7-10H,3-6H2,1-2H3,(H,25,27)(H,26,28). The minimum atomic E-state index is -0.619. The van der Waals surface area contributed by atoms with Gasteiger partial charge in [0.2, 0.25) is 0 Å². The van der Waals surface area contributed by atoms with Crippen LogP contribution < -0.4 is 20.1 Å². The first-order valence-electron chi connectivity index (χ1n) is 8.86. The van der Waals surface area contributed by atoms with Gasteiger partial charge in [-0.15, -0.1) is 0 Å². The SMILES string of the molecule is COc1c(I)cc(CCNC(=O)C(=O)NCCc2cc(I)c(OC)c(I)c2)cc1I. The molecule has 0 heterocycles. The molecule has 2 aromatic carbocycles. The second-order valence-electron chi connectivity index (χ2n) is 6.20. The van der Waals surface area contributed by atoms with Gasteiger partial charge < -0.3 is 20.1 Å². The summed E-state index contributed by atoms with van der Waals surface area (Å²) in [4.78, 5) is 24.1. The van der Waals surface area contributed by atoms with Crippen LogP contribution in [0.3, 0.4) is 0 Å². The first-order chi connectivity index (χ1) is 14.3. The van der Waals surface area contributed by atoms with E-state index in [0.29, 0.717) is 25.9 Å². The molecule has 0 aliphatic heterocycles. The van der Waals surface area contributed by atoms with Crippen LogP contribution in [0, 0.1) is 14.3 Å². The summed E-state index contributed by atoms with van der Waals surface area (Å²) < 4.78 is 14.8. The number of nitrogens with one attached hydrogen (secondary N) is 2. The molecule has 0 aliphatic rings. The third-order valence-corrected chi connectivity index (χ3v) is 7.33. The normalized spacial score (nSPS) is 10.5. The fourth-order valence-corrected chi connectivity index (χ4v) is 7.38. The van der Waals surface area contributed by atoms with E-state index in [4.69, 9.17) is 9.47 Å². The monoisotopic (exact) mass is 860 g/mol. The number of amides is 2. The van der Waals surface area contributed by atoms with Crippen LogP contribution in [0.25, 0.3) is 0 Å². The summed E-state index contributed by atoms with van der Waals surface area (Å²) in [5, 5.41) is 5.35. The Morgan fingerprint density at radius 3 is 1.27 bits per heavy atom. The Morgan fingerprint density at radius 2 is 1.00 bits per heavy atom. The van der Waals surface area contributed by atoms with E-state index in [1.54, 1.807) is 14.2 Å². The highest BCUT2D eigenvalue weighted by atomic mass is 127. The summed E-state index contributed by atoms with van der Waals surface area (Å²) in [6.07, 6.45) is 1.27. The van der Waals surface area contributed by atoms with Crippen molar-refractivity contribution in [1.82, 2.24) is 10.6 Å². The molecule has 2 amide bonds. The first kappa shape index (κ1) is 26.2. The average molecular weight is 860 g/mol. The van der Waals surface area contributed by atoms with E-state index in [0.717, 1.165) is 36.9 Å². The van der Waals surface area contributed by atoms with Crippen molar-refractivity contribution >= 4 is 102 Å². The van der Waals surface area contributed by atoms with Crippen molar-refractivity contribution in [2.45, 2.75) is 12.8 Å². The zero-order valence-corrected chi connectivity index (χ0v) is 24.9. The number of hydrogen-bond donors (Lipinski definition) is 2. The van der Waals surface area contributed by atoms with Gasteiger partial charge in [-0.25, -0.2) is 0 Å². The molecular formula is C20H20I4N2O4. The van der Waals surface area contributed by atoms with Crippen molar-refractivity contribution < 1.29 is 19.1 Å². The summed E-state index contributed by atoms with van der Waals surface area (Å²) in [5.41, 5.74) is 2.16. The molecule has 2 N–H and O–H groups in total. The molecule has 0 aliphatic carbocycles. The van der Waals surface area contributed by atoms with Crippen LogP contribution in [0.1, 0.15) is 11.1 Å². The van der Waals surface area contributed by atoms with Gasteiger partial charge in [-0.3, -0.25) is 9.59 Å². The minimum absolute atomic E-state index is 0.389. The number of benzene rings is 2. The number of ether oxygens (including phenoxy) is 2. The van der Waals surface area contributed by atoms with Gasteiger partial charge in [0, 0.05) is 13.1 Å². The predicted molar refractivity (Wildman–Crippen MR) is 150 cm³/mol. The second kappa shape index (κ2) is 12.8.